The molecule has 0 saturated heterocycles. The minimum absolute atomic E-state index is 0.0892. The number of para-hydroxylation sites is 1. The minimum Gasteiger partial charge on any atom is -0.489 e. The Morgan fingerprint density at radius 2 is 1.60 bits per heavy atom. The average Bonchev–Trinajstić information content (AvgIpc) is 2.70. The Bertz CT molecular complexity index is 952. The summed E-state index contributed by atoms with van der Waals surface area (Å²) >= 11 is 6.41. The van der Waals surface area contributed by atoms with Gasteiger partial charge in [-0.3, -0.25) is 0 Å². The average molecular weight is 425 g/mol. The van der Waals surface area contributed by atoms with Crippen LogP contribution in [0.3, 0.4) is 0 Å². The van der Waals surface area contributed by atoms with Crippen LogP contribution in [-0.2, 0) is 16.8 Å². The fourth-order valence-corrected chi connectivity index (χ4v) is 3.33. The minimum atomic E-state index is -0.182. The first kappa shape index (κ1) is 22.2. The van der Waals surface area contributed by atoms with Gasteiger partial charge >= 0.3 is 0 Å². The molecular formula is C26H29ClO3. The van der Waals surface area contributed by atoms with Crippen molar-refractivity contribution >= 4 is 11.6 Å². The first-order valence-corrected chi connectivity index (χ1v) is 10.6. The molecule has 3 aromatic carbocycles. The molecular weight excluding hydrogens is 396 g/mol. The number of hydrogen-bond acceptors (Lipinski definition) is 3. The lowest BCUT2D eigenvalue weighted by atomic mass is 9.85. The second-order valence-electron chi connectivity index (χ2n) is 8.25. The Morgan fingerprint density at radius 1 is 0.867 bits per heavy atom. The van der Waals surface area contributed by atoms with Crippen molar-refractivity contribution in [1.29, 1.82) is 0 Å². The van der Waals surface area contributed by atoms with Crippen LogP contribution in [0.4, 0.5) is 0 Å². The molecule has 0 aliphatic carbocycles. The lowest BCUT2D eigenvalue weighted by Crippen LogP contribution is -2.24. The van der Waals surface area contributed by atoms with Crippen LogP contribution >= 0.6 is 11.6 Å². The van der Waals surface area contributed by atoms with E-state index in [0.29, 0.717) is 24.0 Å². The molecule has 0 aromatic heterocycles. The summed E-state index contributed by atoms with van der Waals surface area (Å²) in [6, 6.07) is 23.7. The Kier molecular flexibility index (Phi) is 7.41. The number of halogens is 1. The van der Waals surface area contributed by atoms with Crippen molar-refractivity contribution in [2.45, 2.75) is 45.8 Å². The zero-order chi connectivity index (χ0) is 21.6. The monoisotopic (exact) mass is 424 g/mol. The van der Waals surface area contributed by atoms with Crippen LogP contribution in [0.25, 0.3) is 0 Å². The van der Waals surface area contributed by atoms with Crippen LogP contribution in [0.1, 0.15) is 38.8 Å². The van der Waals surface area contributed by atoms with E-state index in [1.54, 1.807) is 0 Å². The number of benzene rings is 3. The van der Waals surface area contributed by atoms with Gasteiger partial charge in [-0.15, -0.1) is 0 Å². The summed E-state index contributed by atoms with van der Waals surface area (Å²) in [7, 11) is 0. The van der Waals surface area contributed by atoms with Gasteiger partial charge in [-0.2, -0.15) is 0 Å². The second-order valence-corrected chi connectivity index (χ2v) is 8.66. The third-order valence-electron chi connectivity index (χ3n) is 4.69. The second kappa shape index (κ2) is 10.0. The predicted molar refractivity (Wildman–Crippen MR) is 123 cm³/mol. The standard InChI is InChI=1S/C26H29ClO3/c1-19(2)29-25-14-13-21(16-24(25)27)26(3,4)18-28-17-20-9-8-12-23(15-20)30-22-10-6-5-7-11-22/h5-16,19H,17-18H2,1-4H3. The normalized spacial score (nSPS) is 11.5. The SMILES string of the molecule is CC(C)Oc1ccc(C(C)(C)COCc2cccc(Oc3ccccc3)c2)cc1Cl. The van der Waals surface area contributed by atoms with Crippen LogP contribution in [-0.4, -0.2) is 12.7 Å². The van der Waals surface area contributed by atoms with E-state index >= 15 is 0 Å². The quantitative estimate of drug-likeness (QED) is 0.357. The first-order chi connectivity index (χ1) is 14.3. The van der Waals surface area contributed by atoms with Gasteiger partial charge in [-0.1, -0.05) is 61.8 Å². The summed E-state index contributed by atoms with van der Waals surface area (Å²) in [5, 5.41) is 0.625. The largest absolute Gasteiger partial charge is 0.489 e. The van der Waals surface area contributed by atoms with Crippen molar-refractivity contribution in [3.63, 3.8) is 0 Å². The topological polar surface area (TPSA) is 27.7 Å². The van der Waals surface area contributed by atoms with Crippen molar-refractivity contribution in [3.05, 3.63) is 88.9 Å². The Morgan fingerprint density at radius 3 is 2.30 bits per heavy atom. The Labute approximate surface area is 184 Å². The third kappa shape index (κ3) is 6.25. The molecule has 0 radical (unpaired) electrons. The Balaban J connectivity index is 1.59. The molecule has 0 amide bonds. The summed E-state index contributed by atoms with van der Waals surface area (Å²) < 4.78 is 17.7. The van der Waals surface area contributed by atoms with Gasteiger partial charge in [0.2, 0.25) is 0 Å². The van der Waals surface area contributed by atoms with Gasteiger partial charge in [-0.05, 0) is 61.4 Å². The van der Waals surface area contributed by atoms with Crippen LogP contribution < -0.4 is 9.47 Å². The van der Waals surface area contributed by atoms with Gasteiger partial charge in [0.05, 0.1) is 24.3 Å². The fraction of sp³-hybridized carbons (Fsp3) is 0.308. The van der Waals surface area contributed by atoms with E-state index in [1.807, 2.05) is 80.6 Å². The molecule has 0 saturated carbocycles. The van der Waals surface area contributed by atoms with Gasteiger partial charge in [0.15, 0.2) is 0 Å². The summed E-state index contributed by atoms with van der Waals surface area (Å²) in [6.07, 6.45) is 0.0892. The maximum absolute atomic E-state index is 6.41. The molecule has 0 heterocycles. The molecule has 158 valence electrons. The van der Waals surface area contributed by atoms with Gasteiger partial charge in [0.25, 0.3) is 0 Å². The maximum Gasteiger partial charge on any atom is 0.138 e. The van der Waals surface area contributed by atoms with E-state index in [9.17, 15) is 0 Å². The molecule has 0 fully saturated rings. The van der Waals surface area contributed by atoms with E-state index in [1.165, 1.54) is 0 Å². The molecule has 3 aromatic rings. The van der Waals surface area contributed by atoms with Gasteiger partial charge in [0, 0.05) is 5.41 Å². The highest BCUT2D eigenvalue weighted by Gasteiger charge is 2.22. The van der Waals surface area contributed by atoms with Crippen molar-refractivity contribution < 1.29 is 14.2 Å². The van der Waals surface area contributed by atoms with E-state index in [-0.39, 0.29) is 11.5 Å². The van der Waals surface area contributed by atoms with E-state index < -0.39 is 0 Å². The van der Waals surface area contributed by atoms with Crippen molar-refractivity contribution in [3.8, 4) is 17.2 Å². The molecule has 0 atom stereocenters. The molecule has 4 heteroatoms. The number of hydrogen-bond donors (Lipinski definition) is 0. The molecule has 0 N–H and O–H groups in total. The van der Waals surface area contributed by atoms with Crippen LogP contribution in [0.15, 0.2) is 72.8 Å². The molecule has 0 spiro atoms. The van der Waals surface area contributed by atoms with Crippen LogP contribution in [0.2, 0.25) is 5.02 Å². The maximum atomic E-state index is 6.41. The fourth-order valence-electron chi connectivity index (χ4n) is 3.10. The smallest absolute Gasteiger partial charge is 0.138 e. The predicted octanol–water partition coefficient (Wildman–Crippen LogP) is 7.41. The lowest BCUT2D eigenvalue weighted by Gasteiger charge is -2.26. The molecule has 0 bridgehead atoms. The molecule has 0 unspecified atom stereocenters. The van der Waals surface area contributed by atoms with Crippen molar-refractivity contribution in [1.82, 2.24) is 0 Å². The van der Waals surface area contributed by atoms with E-state index in [2.05, 4.69) is 19.9 Å². The third-order valence-corrected chi connectivity index (χ3v) is 4.98. The van der Waals surface area contributed by atoms with E-state index in [4.69, 9.17) is 25.8 Å². The highest BCUT2D eigenvalue weighted by Crippen LogP contribution is 2.32. The molecule has 3 rings (SSSR count). The summed E-state index contributed by atoms with van der Waals surface area (Å²) in [5.74, 6) is 2.33. The van der Waals surface area contributed by atoms with Crippen molar-refractivity contribution in [2.24, 2.45) is 0 Å². The van der Waals surface area contributed by atoms with Gasteiger partial charge in [0.1, 0.15) is 17.2 Å². The highest BCUT2D eigenvalue weighted by atomic mass is 35.5. The van der Waals surface area contributed by atoms with Gasteiger partial charge in [-0.25, -0.2) is 0 Å². The summed E-state index contributed by atoms with van der Waals surface area (Å²) in [6.45, 7) is 9.35. The zero-order valence-electron chi connectivity index (χ0n) is 18.0. The summed E-state index contributed by atoms with van der Waals surface area (Å²) in [5.41, 5.74) is 2.00. The van der Waals surface area contributed by atoms with E-state index in [0.717, 1.165) is 22.6 Å². The molecule has 0 aliphatic heterocycles. The molecule has 0 aliphatic rings. The lowest BCUT2D eigenvalue weighted by molar-refractivity contribution is 0.0824. The van der Waals surface area contributed by atoms with Crippen LogP contribution in [0.5, 0.6) is 17.2 Å². The highest BCUT2D eigenvalue weighted by molar-refractivity contribution is 6.32. The molecule has 30 heavy (non-hydrogen) atoms. The van der Waals surface area contributed by atoms with Crippen molar-refractivity contribution in [2.75, 3.05) is 6.61 Å². The Hall–Kier alpha value is -2.49. The molecule has 3 nitrogen and oxygen atoms in total. The zero-order valence-corrected chi connectivity index (χ0v) is 18.8. The first-order valence-electron chi connectivity index (χ1n) is 10.2. The number of ether oxygens (including phenoxy) is 3. The number of rotatable bonds is 9. The summed E-state index contributed by atoms with van der Waals surface area (Å²) in [4.78, 5) is 0. The van der Waals surface area contributed by atoms with Gasteiger partial charge < -0.3 is 14.2 Å². The van der Waals surface area contributed by atoms with Crippen LogP contribution in [0, 0.1) is 0 Å².